The summed E-state index contributed by atoms with van der Waals surface area (Å²) in [4.78, 5) is 26.1. The average molecular weight is 544 g/mol. The predicted octanol–water partition coefficient (Wildman–Crippen LogP) is 6.08. The van der Waals surface area contributed by atoms with Gasteiger partial charge in [-0.15, -0.1) is 0 Å². The highest BCUT2D eigenvalue weighted by atomic mass is 35.5. The summed E-state index contributed by atoms with van der Waals surface area (Å²) in [5.41, 5.74) is 1.11. The summed E-state index contributed by atoms with van der Waals surface area (Å²) in [6.07, 6.45) is -2.70. The molecule has 2 fully saturated rings. The van der Waals surface area contributed by atoms with Crippen LogP contribution in [0.4, 0.5) is 29.5 Å². The molecule has 5 rings (SSSR count). The van der Waals surface area contributed by atoms with Gasteiger partial charge < -0.3 is 14.7 Å². The molecule has 0 radical (unpaired) electrons. The fourth-order valence-electron chi connectivity index (χ4n) is 5.07. The van der Waals surface area contributed by atoms with Gasteiger partial charge in [0.05, 0.1) is 11.6 Å². The molecule has 2 aliphatic rings. The molecule has 2 aliphatic heterocycles. The fraction of sp³-hybridized carbons (Fsp3) is 0.357. The molecule has 0 unspecified atom stereocenters. The van der Waals surface area contributed by atoms with Gasteiger partial charge >= 0.3 is 12.2 Å². The standard InChI is InChI=1S/C28H29ClF3N5O/c1-2-34-12-14-35(15-13-34)26-11-6-20(17-33-26)18-36-19-25(21-4-3-5-22(16-21)28(30,31)32)37(27(36)38)24-9-7-23(29)8-10-24/h3-11,16-17,25H,2,12-15,18-19H2,1H3/t25-/m1/s1. The molecular formula is C28H29ClF3N5O. The van der Waals surface area contributed by atoms with Crippen molar-refractivity contribution in [1.82, 2.24) is 14.8 Å². The van der Waals surface area contributed by atoms with Crippen LogP contribution >= 0.6 is 11.6 Å². The molecule has 0 spiro atoms. The Kier molecular flexibility index (Phi) is 7.49. The number of benzene rings is 2. The lowest BCUT2D eigenvalue weighted by Crippen LogP contribution is -2.46. The Balaban J connectivity index is 1.37. The fourth-order valence-corrected chi connectivity index (χ4v) is 5.19. The van der Waals surface area contributed by atoms with Crippen molar-refractivity contribution in [3.63, 3.8) is 0 Å². The van der Waals surface area contributed by atoms with Crippen LogP contribution in [0.5, 0.6) is 0 Å². The number of amides is 2. The first-order valence-corrected chi connectivity index (χ1v) is 13.0. The Morgan fingerprint density at radius 3 is 2.37 bits per heavy atom. The van der Waals surface area contributed by atoms with Crippen LogP contribution in [0.25, 0.3) is 0 Å². The molecule has 6 nitrogen and oxygen atoms in total. The lowest BCUT2D eigenvalue weighted by atomic mass is 10.0. The molecule has 10 heteroatoms. The topological polar surface area (TPSA) is 42.9 Å². The van der Waals surface area contributed by atoms with E-state index in [0.717, 1.165) is 56.2 Å². The molecular weight excluding hydrogens is 515 g/mol. The number of rotatable bonds is 6. The number of likely N-dealkylation sites (N-methyl/N-ethyl adjacent to an activating group) is 1. The van der Waals surface area contributed by atoms with Gasteiger partial charge in [0.2, 0.25) is 0 Å². The maximum atomic E-state index is 13.6. The van der Waals surface area contributed by atoms with Crippen molar-refractivity contribution in [1.29, 1.82) is 0 Å². The Morgan fingerprint density at radius 1 is 1.00 bits per heavy atom. The van der Waals surface area contributed by atoms with E-state index in [2.05, 4.69) is 21.7 Å². The van der Waals surface area contributed by atoms with Gasteiger partial charge in [0.25, 0.3) is 0 Å². The smallest absolute Gasteiger partial charge is 0.354 e. The quantitative estimate of drug-likeness (QED) is 0.378. The molecule has 0 aliphatic carbocycles. The van der Waals surface area contributed by atoms with Crippen molar-refractivity contribution < 1.29 is 18.0 Å². The molecule has 3 heterocycles. The summed E-state index contributed by atoms with van der Waals surface area (Å²) in [6, 6.07) is 15.0. The number of hydrogen-bond donors (Lipinski definition) is 0. The Labute approximate surface area is 225 Å². The first-order valence-electron chi connectivity index (χ1n) is 12.7. The van der Waals surface area contributed by atoms with E-state index in [-0.39, 0.29) is 12.6 Å². The number of alkyl halides is 3. The number of nitrogens with zero attached hydrogens (tertiary/aromatic N) is 5. The second-order valence-corrected chi connectivity index (χ2v) is 10.0. The van der Waals surface area contributed by atoms with Gasteiger partial charge in [-0.25, -0.2) is 9.78 Å². The van der Waals surface area contributed by atoms with Gasteiger partial charge in [-0.1, -0.05) is 36.7 Å². The summed E-state index contributed by atoms with van der Waals surface area (Å²) in [5, 5.41) is 0.509. The van der Waals surface area contributed by atoms with Gasteiger partial charge in [-0.2, -0.15) is 13.2 Å². The lowest BCUT2D eigenvalue weighted by molar-refractivity contribution is -0.137. The van der Waals surface area contributed by atoms with Gasteiger partial charge in [-0.05, 0) is 60.1 Å². The number of aromatic nitrogens is 1. The first-order chi connectivity index (χ1) is 18.2. The third-order valence-corrected chi connectivity index (χ3v) is 7.46. The highest BCUT2D eigenvalue weighted by molar-refractivity contribution is 6.30. The molecule has 0 saturated carbocycles. The van der Waals surface area contributed by atoms with Gasteiger partial charge in [0.15, 0.2) is 0 Å². The van der Waals surface area contributed by atoms with E-state index in [1.54, 1.807) is 46.3 Å². The van der Waals surface area contributed by atoms with Gasteiger partial charge in [-0.3, -0.25) is 4.90 Å². The number of carbonyl (C=O) groups is 1. The normalized spacial score (nSPS) is 18.9. The Morgan fingerprint density at radius 2 is 1.74 bits per heavy atom. The van der Waals surface area contributed by atoms with E-state index >= 15 is 0 Å². The number of piperazine rings is 1. The monoisotopic (exact) mass is 543 g/mol. The largest absolute Gasteiger partial charge is 0.416 e. The number of carbonyl (C=O) groups excluding carboxylic acids is 1. The second-order valence-electron chi connectivity index (χ2n) is 9.59. The van der Waals surface area contributed by atoms with Crippen LogP contribution in [0.1, 0.15) is 29.7 Å². The SMILES string of the molecule is CCN1CCN(c2ccc(CN3C[C@H](c4cccc(C(F)(F)F)c4)N(c4ccc(Cl)cc4)C3=O)cn2)CC1. The highest BCUT2D eigenvalue weighted by Gasteiger charge is 2.40. The van der Waals surface area contributed by atoms with Crippen molar-refractivity contribution in [2.24, 2.45) is 0 Å². The second kappa shape index (κ2) is 10.8. The summed E-state index contributed by atoms with van der Waals surface area (Å²) in [6.45, 7) is 7.57. The third kappa shape index (κ3) is 5.59. The van der Waals surface area contributed by atoms with Crippen LogP contribution in [0.15, 0.2) is 66.9 Å². The molecule has 1 aromatic heterocycles. The van der Waals surface area contributed by atoms with Crippen LogP contribution < -0.4 is 9.80 Å². The molecule has 2 amide bonds. The predicted molar refractivity (Wildman–Crippen MR) is 142 cm³/mol. The maximum absolute atomic E-state index is 13.6. The van der Waals surface area contributed by atoms with E-state index in [9.17, 15) is 18.0 Å². The minimum atomic E-state index is -4.47. The number of hydrogen-bond acceptors (Lipinski definition) is 4. The van der Waals surface area contributed by atoms with E-state index in [0.29, 0.717) is 22.8 Å². The zero-order valence-electron chi connectivity index (χ0n) is 21.0. The number of halogens is 4. The molecule has 200 valence electrons. The summed E-state index contributed by atoms with van der Waals surface area (Å²) < 4.78 is 40.3. The number of anilines is 2. The molecule has 0 N–H and O–H groups in total. The molecule has 0 bridgehead atoms. The molecule has 38 heavy (non-hydrogen) atoms. The first kappa shape index (κ1) is 26.3. The van der Waals surface area contributed by atoms with Gasteiger partial charge in [0, 0.05) is 56.2 Å². The highest BCUT2D eigenvalue weighted by Crippen LogP contribution is 2.38. The molecule has 2 saturated heterocycles. The summed E-state index contributed by atoms with van der Waals surface area (Å²) in [5.74, 6) is 0.905. The Hall–Kier alpha value is -3.30. The van der Waals surface area contributed by atoms with Crippen molar-refractivity contribution in [3.05, 3.63) is 88.6 Å². The molecule has 2 aromatic carbocycles. The number of urea groups is 1. The van der Waals surface area contributed by atoms with E-state index in [4.69, 9.17) is 11.6 Å². The van der Waals surface area contributed by atoms with Crippen molar-refractivity contribution in [2.45, 2.75) is 25.7 Å². The maximum Gasteiger partial charge on any atom is 0.416 e. The van der Waals surface area contributed by atoms with Crippen molar-refractivity contribution in [2.75, 3.05) is 49.1 Å². The summed E-state index contributed by atoms with van der Waals surface area (Å²) >= 11 is 6.05. The molecule has 3 aromatic rings. The van der Waals surface area contributed by atoms with E-state index in [1.165, 1.54) is 6.07 Å². The molecule has 1 atom stereocenters. The van der Waals surface area contributed by atoms with E-state index < -0.39 is 17.8 Å². The zero-order chi connectivity index (χ0) is 26.9. The minimum absolute atomic E-state index is 0.240. The van der Waals surface area contributed by atoms with Crippen LogP contribution in [0, 0.1) is 0 Å². The van der Waals surface area contributed by atoms with Crippen LogP contribution in [0.2, 0.25) is 5.02 Å². The van der Waals surface area contributed by atoms with Crippen LogP contribution in [-0.4, -0.2) is 60.1 Å². The van der Waals surface area contributed by atoms with Crippen molar-refractivity contribution in [3.8, 4) is 0 Å². The zero-order valence-corrected chi connectivity index (χ0v) is 21.8. The average Bonchev–Trinajstić information content (AvgIpc) is 3.25. The summed E-state index contributed by atoms with van der Waals surface area (Å²) in [7, 11) is 0. The lowest BCUT2D eigenvalue weighted by Gasteiger charge is -2.34. The third-order valence-electron chi connectivity index (χ3n) is 7.21. The minimum Gasteiger partial charge on any atom is -0.354 e. The van der Waals surface area contributed by atoms with Crippen LogP contribution in [0.3, 0.4) is 0 Å². The Bertz CT molecular complexity index is 1260. The van der Waals surface area contributed by atoms with Crippen LogP contribution in [-0.2, 0) is 12.7 Å². The van der Waals surface area contributed by atoms with E-state index in [1.807, 2.05) is 12.1 Å². The number of pyridine rings is 1. The van der Waals surface area contributed by atoms with Crippen molar-refractivity contribution >= 4 is 29.1 Å². The van der Waals surface area contributed by atoms with Gasteiger partial charge in [0.1, 0.15) is 5.82 Å².